The SMILES string of the molecule is O=C(NC(Cc1ccc(C(F)(F)F)cc1)C(=O)O)c1ccc2cc(F)ccc2c1OCc1nc2ccccc2s1. The second-order valence-electron chi connectivity index (χ2n) is 8.93. The molecule has 0 aliphatic rings. The van der Waals surface area contributed by atoms with Crippen LogP contribution in [-0.2, 0) is 24.0 Å². The lowest BCUT2D eigenvalue weighted by atomic mass is 10.0. The van der Waals surface area contributed by atoms with Gasteiger partial charge in [-0.1, -0.05) is 30.3 Å². The van der Waals surface area contributed by atoms with Crippen LogP contribution in [0.25, 0.3) is 21.0 Å². The van der Waals surface area contributed by atoms with Gasteiger partial charge >= 0.3 is 12.1 Å². The predicted molar refractivity (Wildman–Crippen MR) is 142 cm³/mol. The molecule has 1 amide bonds. The molecular weight excluding hydrogens is 548 g/mol. The average molecular weight is 569 g/mol. The Bertz CT molecular complexity index is 1680. The van der Waals surface area contributed by atoms with Gasteiger partial charge in [-0.05, 0) is 59.5 Å². The number of carboxylic acid groups (broad SMARTS) is 1. The number of ether oxygens (including phenoxy) is 1. The van der Waals surface area contributed by atoms with E-state index in [2.05, 4.69) is 10.3 Å². The first-order chi connectivity index (χ1) is 19.1. The van der Waals surface area contributed by atoms with Crippen molar-refractivity contribution in [3.8, 4) is 5.75 Å². The number of halogens is 4. The first kappa shape index (κ1) is 27.1. The lowest BCUT2D eigenvalue weighted by Gasteiger charge is -2.18. The quantitative estimate of drug-likeness (QED) is 0.206. The van der Waals surface area contributed by atoms with Crippen molar-refractivity contribution in [1.29, 1.82) is 0 Å². The van der Waals surface area contributed by atoms with Gasteiger partial charge in [-0.2, -0.15) is 13.2 Å². The Labute approximate surface area is 228 Å². The Morgan fingerprint density at radius 2 is 1.75 bits per heavy atom. The molecule has 40 heavy (non-hydrogen) atoms. The standard InChI is InChI=1S/C29H20F4N2O4S/c30-19-10-12-20-17(14-19)7-11-21(26(20)39-15-25-34-22-3-1-2-4-24(22)40-25)27(36)35-23(28(37)38)13-16-5-8-18(9-6-16)29(31,32)33/h1-12,14,23H,13,15H2,(H,35,36)(H,37,38). The van der Waals surface area contributed by atoms with Gasteiger partial charge < -0.3 is 15.2 Å². The third-order valence-electron chi connectivity index (χ3n) is 6.18. The minimum absolute atomic E-state index is 0.00400. The maximum Gasteiger partial charge on any atom is 0.416 e. The number of nitrogens with zero attached hydrogens (tertiary/aromatic N) is 1. The number of hydrogen-bond acceptors (Lipinski definition) is 5. The van der Waals surface area contributed by atoms with E-state index in [4.69, 9.17) is 4.74 Å². The lowest BCUT2D eigenvalue weighted by molar-refractivity contribution is -0.139. The molecule has 6 nitrogen and oxygen atoms in total. The summed E-state index contributed by atoms with van der Waals surface area (Å²) in [5, 5.41) is 13.7. The van der Waals surface area contributed by atoms with Crippen LogP contribution in [0, 0.1) is 5.82 Å². The Kier molecular flexibility index (Phi) is 7.40. The van der Waals surface area contributed by atoms with Crippen molar-refractivity contribution in [3.63, 3.8) is 0 Å². The van der Waals surface area contributed by atoms with Gasteiger partial charge in [0.25, 0.3) is 5.91 Å². The third-order valence-corrected chi connectivity index (χ3v) is 7.19. The van der Waals surface area contributed by atoms with E-state index in [0.717, 1.165) is 22.3 Å². The summed E-state index contributed by atoms with van der Waals surface area (Å²) < 4.78 is 59.5. The largest absolute Gasteiger partial charge is 0.485 e. The van der Waals surface area contributed by atoms with E-state index in [1.54, 1.807) is 0 Å². The molecule has 5 aromatic rings. The van der Waals surface area contributed by atoms with E-state index in [0.29, 0.717) is 21.3 Å². The molecule has 1 aromatic heterocycles. The summed E-state index contributed by atoms with van der Waals surface area (Å²) in [5.41, 5.74) is 0.229. The number of carboxylic acids is 1. The summed E-state index contributed by atoms with van der Waals surface area (Å²) in [6.07, 6.45) is -4.78. The molecule has 0 radical (unpaired) electrons. The number of benzene rings is 4. The minimum atomic E-state index is -4.53. The maximum absolute atomic E-state index is 13.9. The highest BCUT2D eigenvalue weighted by Crippen LogP contribution is 2.33. The number of carbonyl (C=O) groups is 2. The van der Waals surface area contributed by atoms with Crippen LogP contribution in [0.5, 0.6) is 5.75 Å². The number of amides is 1. The van der Waals surface area contributed by atoms with Gasteiger partial charge in [0.15, 0.2) is 0 Å². The van der Waals surface area contributed by atoms with E-state index >= 15 is 0 Å². The molecule has 0 saturated heterocycles. The number of thiazole rings is 1. The van der Waals surface area contributed by atoms with E-state index in [1.807, 2.05) is 24.3 Å². The molecular formula is C29H20F4N2O4S. The van der Waals surface area contributed by atoms with Crippen molar-refractivity contribution < 1.29 is 37.0 Å². The number of carbonyl (C=O) groups excluding carboxylic acids is 1. The number of aromatic nitrogens is 1. The van der Waals surface area contributed by atoms with Gasteiger partial charge in [0.05, 0.1) is 21.3 Å². The Morgan fingerprint density at radius 1 is 1.00 bits per heavy atom. The van der Waals surface area contributed by atoms with Gasteiger partial charge in [-0.3, -0.25) is 4.79 Å². The number of para-hydroxylation sites is 1. The van der Waals surface area contributed by atoms with Crippen molar-refractivity contribution in [2.45, 2.75) is 25.2 Å². The fourth-order valence-corrected chi connectivity index (χ4v) is 5.10. The van der Waals surface area contributed by atoms with Crippen LogP contribution >= 0.6 is 11.3 Å². The first-order valence-electron chi connectivity index (χ1n) is 12.0. The third kappa shape index (κ3) is 5.89. The van der Waals surface area contributed by atoms with Crippen LogP contribution in [-0.4, -0.2) is 28.0 Å². The van der Waals surface area contributed by atoms with Crippen molar-refractivity contribution in [3.05, 3.63) is 106 Å². The molecule has 0 aliphatic carbocycles. The van der Waals surface area contributed by atoms with Crippen LogP contribution in [0.1, 0.15) is 26.5 Å². The first-order valence-corrected chi connectivity index (χ1v) is 12.8. The molecule has 0 spiro atoms. The topological polar surface area (TPSA) is 88.5 Å². The summed E-state index contributed by atoms with van der Waals surface area (Å²) in [4.78, 5) is 29.8. The normalized spacial score (nSPS) is 12.4. The summed E-state index contributed by atoms with van der Waals surface area (Å²) in [6.45, 7) is 0.00400. The summed E-state index contributed by atoms with van der Waals surface area (Å²) >= 11 is 1.41. The van der Waals surface area contributed by atoms with Crippen molar-refractivity contribution in [1.82, 2.24) is 10.3 Å². The predicted octanol–water partition coefficient (Wildman–Crippen LogP) is 6.61. The molecule has 0 bridgehead atoms. The maximum atomic E-state index is 13.9. The number of rotatable bonds is 8. The molecule has 1 heterocycles. The van der Waals surface area contributed by atoms with Gasteiger partial charge in [-0.25, -0.2) is 14.2 Å². The molecule has 5 rings (SSSR count). The molecule has 0 saturated carbocycles. The zero-order valence-corrected chi connectivity index (χ0v) is 21.4. The molecule has 0 aliphatic heterocycles. The average Bonchev–Trinajstić information content (AvgIpc) is 3.34. The lowest BCUT2D eigenvalue weighted by Crippen LogP contribution is -2.42. The highest BCUT2D eigenvalue weighted by Gasteiger charge is 2.30. The van der Waals surface area contributed by atoms with E-state index in [-0.39, 0.29) is 24.3 Å². The fourth-order valence-electron chi connectivity index (χ4n) is 4.22. The second kappa shape index (κ2) is 10.9. The Hall–Kier alpha value is -4.51. The Balaban J connectivity index is 1.42. The van der Waals surface area contributed by atoms with Crippen LogP contribution in [0.4, 0.5) is 17.6 Å². The monoisotopic (exact) mass is 568 g/mol. The van der Waals surface area contributed by atoms with E-state index in [1.165, 1.54) is 53.8 Å². The van der Waals surface area contributed by atoms with Gasteiger partial charge in [0.2, 0.25) is 0 Å². The van der Waals surface area contributed by atoms with Crippen LogP contribution in [0.15, 0.2) is 78.9 Å². The van der Waals surface area contributed by atoms with Crippen LogP contribution in [0.3, 0.4) is 0 Å². The minimum Gasteiger partial charge on any atom is -0.485 e. The molecule has 1 unspecified atom stereocenters. The van der Waals surface area contributed by atoms with Crippen LogP contribution in [0.2, 0.25) is 0 Å². The second-order valence-corrected chi connectivity index (χ2v) is 10.1. The number of alkyl halides is 3. The fraction of sp³-hybridized carbons (Fsp3) is 0.138. The smallest absolute Gasteiger partial charge is 0.416 e. The van der Waals surface area contributed by atoms with Gasteiger partial charge in [0.1, 0.15) is 29.2 Å². The number of aliphatic carboxylic acids is 1. The zero-order valence-electron chi connectivity index (χ0n) is 20.5. The summed E-state index contributed by atoms with van der Waals surface area (Å²) in [5.74, 6) is -2.50. The van der Waals surface area contributed by atoms with Crippen molar-refractivity contribution in [2.75, 3.05) is 0 Å². The van der Waals surface area contributed by atoms with Crippen molar-refractivity contribution in [2.24, 2.45) is 0 Å². The molecule has 0 fully saturated rings. The molecule has 4 aromatic carbocycles. The van der Waals surface area contributed by atoms with Gasteiger partial charge in [0, 0.05) is 11.8 Å². The van der Waals surface area contributed by atoms with Gasteiger partial charge in [-0.15, -0.1) is 11.3 Å². The number of fused-ring (bicyclic) bond motifs is 2. The molecule has 1 atom stereocenters. The summed E-state index contributed by atoms with van der Waals surface area (Å²) in [6, 6.07) is 17.0. The Morgan fingerprint density at radius 3 is 2.45 bits per heavy atom. The number of hydrogen-bond donors (Lipinski definition) is 2. The highest BCUT2D eigenvalue weighted by molar-refractivity contribution is 7.18. The molecule has 2 N–H and O–H groups in total. The zero-order chi connectivity index (χ0) is 28.4. The molecule has 11 heteroatoms. The number of nitrogens with one attached hydrogen (secondary N) is 1. The van der Waals surface area contributed by atoms with Crippen LogP contribution < -0.4 is 10.1 Å². The van der Waals surface area contributed by atoms with E-state index in [9.17, 15) is 32.3 Å². The molecule has 204 valence electrons. The summed E-state index contributed by atoms with van der Waals surface area (Å²) in [7, 11) is 0. The van der Waals surface area contributed by atoms with Crippen molar-refractivity contribution >= 4 is 44.2 Å². The van der Waals surface area contributed by atoms with E-state index < -0.39 is 35.5 Å². The highest BCUT2D eigenvalue weighted by atomic mass is 32.1.